The lowest BCUT2D eigenvalue weighted by Gasteiger charge is -2.40. The molecule has 0 saturated carbocycles. The van der Waals surface area contributed by atoms with Gasteiger partial charge in [0.2, 0.25) is 9.05 Å². The highest BCUT2D eigenvalue weighted by Gasteiger charge is 2.33. The Morgan fingerprint density at radius 3 is 2.75 bits per heavy atom. The molecule has 5 rings (SSSR count). The summed E-state index contributed by atoms with van der Waals surface area (Å²) in [6.45, 7) is 2.24. The number of hydrogen-bond donors (Lipinski definition) is 1. The van der Waals surface area contributed by atoms with Crippen molar-refractivity contribution in [2.75, 3.05) is 18.0 Å². The standard InChI is InChI=1S/C14H15ClN2O2S/c15-20(18,19)8-9-1-2-12-11(7-9)13-10-3-5-17(6-4-10)14(13)16-12/h1-2,7,10,16H,3-6,8H2. The second-order valence-electron chi connectivity index (χ2n) is 5.71. The quantitative estimate of drug-likeness (QED) is 0.868. The Hall–Kier alpha value is -1.20. The topological polar surface area (TPSA) is 53.2 Å². The number of benzene rings is 1. The number of halogens is 1. The largest absolute Gasteiger partial charge is 0.358 e. The van der Waals surface area contributed by atoms with Crippen LogP contribution in [0.2, 0.25) is 0 Å². The van der Waals surface area contributed by atoms with Crippen LogP contribution in [0, 0.1) is 0 Å². The zero-order valence-corrected chi connectivity index (χ0v) is 12.5. The van der Waals surface area contributed by atoms with Gasteiger partial charge in [-0.3, -0.25) is 0 Å². The van der Waals surface area contributed by atoms with E-state index in [-0.39, 0.29) is 5.75 Å². The molecule has 1 aromatic heterocycles. The molecule has 1 N–H and O–H groups in total. The van der Waals surface area contributed by atoms with E-state index in [1.54, 1.807) is 0 Å². The molecule has 20 heavy (non-hydrogen) atoms. The van der Waals surface area contributed by atoms with E-state index in [9.17, 15) is 8.42 Å². The average Bonchev–Trinajstić information content (AvgIpc) is 2.79. The van der Waals surface area contributed by atoms with E-state index in [1.165, 1.54) is 24.2 Å². The lowest BCUT2D eigenvalue weighted by molar-refractivity contribution is 0.475. The van der Waals surface area contributed by atoms with Crippen molar-refractivity contribution in [3.8, 4) is 0 Å². The molecule has 2 aromatic rings. The Labute approximate surface area is 122 Å². The molecule has 0 radical (unpaired) electrons. The van der Waals surface area contributed by atoms with Gasteiger partial charge in [0.1, 0.15) is 5.82 Å². The van der Waals surface area contributed by atoms with Crippen molar-refractivity contribution in [3.63, 3.8) is 0 Å². The van der Waals surface area contributed by atoms with E-state index in [1.807, 2.05) is 18.2 Å². The summed E-state index contributed by atoms with van der Waals surface area (Å²) in [5.74, 6) is 1.72. The average molecular weight is 311 g/mol. The second kappa shape index (κ2) is 4.15. The van der Waals surface area contributed by atoms with Crippen molar-refractivity contribution in [1.82, 2.24) is 4.98 Å². The molecule has 0 amide bonds. The first-order valence-corrected chi connectivity index (χ1v) is 9.31. The molecule has 0 unspecified atom stereocenters. The highest BCUT2D eigenvalue weighted by Crippen LogP contribution is 2.45. The van der Waals surface area contributed by atoms with Crippen LogP contribution in [-0.4, -0.2) is 26.5 Å². The first kappa shape index (κ1) is 12.5. The van der Waals surface area contributed by atoms with Crippen molar-refractivity contribution < 1.29 is 8.42 Å². The third-order valence-electron chi connectivity index (χ3n) is 4.44. The van der Waals surface area contributed by atoms with Crippen LogP contribution in [-0.2, 0) is 14.8 Å². The predicted molar refractivity (Wildman–Crippen MR) is 81.0 cm³/mol. The van der Waals surface area contributed by atoms with Crippen LogP contribution < -0.4 is 4.90 Å². The molecule has 0 spiro atoms. The van der Waals surface area contributed by atoms with Gasteiger partial charge in [0, 0.05) is 40.2 Å². The lowest BCUT2D eigenvalue weighted by Crippen LogP contribution is -2.38. The monoisotopic (exact) mass is 310 g/mol. The van der Waals surface area contributed by atoms with Crippen molar-refractivity contribution in [3.05, 3.63) is 29.3 Å². The summed E-state index contributed by atoms with van der Waals surface area (Å²) in [5, 5.41) is 1.16. The maximum atomic E-state index is 11.2. The van der Waals surface area contributed by atoms with Gasteiger partial charge >= 0.3 is 0 Å². The summed E-state index contributed by atoms with van der Waals surface area (Å²) in [6, 6.07) is 5.78. The second-order valence-corrected chi connectivity index (χ2v) is 8.49. The van der Waals surface area contributed by atoms with Crippen LogP contribution in [0.5, 0.6) is 0 Å². The number of H-pyrrole nitrogens is 1. The van der Waals surface area contributed by atoms with Gasteiger partial charge in [-0.2, -0.15) is 0 Å². The Morgan fingerprint density at radius 2 is 2.05 bits per heavy atom. The van der Waals surface area contributed by atoms with Crippen LogP contribution in [0.3, 0.4) is 0 Å². The lowest BCUT2D eigenvalue weighted by atomic mass is 9.84. The summed E-state index contributed by atoms with van der Waals surface area (Å²) < 4.78 is 22.5. The fourth-order valence-electron chi connectivity index (χ4n) is 3.59. The van der Waals surface area contributed by atoms with Crippen LogP contribution in [0.4, 0.5) is 5.82 Å². The van der Waals surface area contributed by atoms with Crippen molar-refractivity contribution in [2.24, 2.45) is 0 Å². The molecular formula is C14H15ClN2O2S. The number of piperidine rings is 1. The molecular weight excluding hydrogens is 296 g/mol. The zero-order chi connectivity index (χ0) is 13.9. The van der Waals surface area contributed by atoms with Gasteiger partial charge < -0.3 is 9.88 Å². The summed E-state index contributed by atoms with van der Waals surface area (Å²) >= 11 is 0. The number of aromatic amines is 1. The zero-order valence-electron chi connectivity index (χ0n) is 10.9. The SMILES string of the molecule is O=S(=O)(Cl)Cc1ccc2[nH]c3c(c2c1)C1CCN3CC1. The molecule has 2 bridgehead atoms. The van der Waals surface area contributed by atoms with E-state index in [0.717, 1.165) is 29.6 Å². The van der Waals surface area contributed by atoms with E-state index < -0.39 is 9.05 Å². The highest BCUT2D eigenvalue weighted by molar-refractivity contribution is 8.13. The fourth-order valence-corrected chi connectivity index (χ4v) is 4.54. The molecule has 3 aliphatic heterocycles. The predicted octanol–water partition coefficient (Wildman–Crippen LogP) is 2.93. The molecule has 1 saturated heterocycles. The minimum atomic E-state index is -3.51. The number of rotatable bonds is 2. The molecule has 4 nitrogen and oxygen atoms in total. The van der Waals surface area contributed by atoms with E-state index in [2.05, 4.69) is 9.88 Å². The molecule has 4 heterocycles. The number of anilines is 1. The Morgan fingerprint density at radius 1 is 1.30 bits per heavy atom. The minimum Gasteiger partial charge on any atom is -0.358 e. The van der Waals surface area contributed by atoms with Crippen LogP contribution >= 0.6 is 10.7 Å². The first-order valence-electron chi connectivity index (χ1n) is 6.83. The number of aromatic nitrogens is 1. The molecule has 1 aromatic carbocycles. The Kier molecular flexibility index (Phi) is 2.60. The van der Waals surface area contributed by atoms with Gasteiger partial charge in [0.25, 0.3) is 0 Å². The minimum absolute atomic E-state index is 0.112. The van der Waals surface area contributed by atoms with Crippen molar-refractivity contribution in [2.45, 2.75) is 24.5 Å². The summed E-state index contributed by atoms with van der Waals surface area (Å²) in [7, 11) is 1.85. The van der Waals surface area contributed by atoms with Crippen molar-refractivity contribution in [1.29, 1.82) is 0 Å². The molecule has 6 heteroatoms. The maximum absolute atomic E-state index is 11.2. The summed E-state index contributed by atoms with van der Waals surface area (Å²) in [6.07, 6.45) is 2.38. The number of nitrogens with one attached hydrogen (secondary N) is 1. The third-order valence-corrected chi connectivity index (χ3v) is 5.45. The van der Waals surface area contributed by atoms with Crippen LogP contribution in [0.1, 0.15) is 29.9 Å². The first-order chi connectivity index (χ1) is 9.51. The molecule has 1 fully saturated rings. The number of hydrogen-bond acceptors (Lipinski definition) is 3. The molecule has 106 valence electrons. The third kappa shape index (κ3) is 1.91. The van der Waals surface area contributed by atoms with E-state index >= 15 is 0 Å². The number of nitrogens with zero attached hydrogens (tertiary/aromatic N) is 1. The normalized spacial score (nSPS) is 18.8. The van der Waals surface area contributed by atoms with Gasteiger partial charge in [0.05, 0.1) is 5.75 Å². The van der Waals surface area contributed by atoms with Crippen LogP contribution in [0.25, 0.3) is 10.9 Å². The Balaban J connectivity index is 1.88. The van der Waals surface area contributed by atoms with Crippen molar-refractivity contribution >= 4 is 36.5 Å². The van der Waals surface area contributed by atoms with Gasteiger partial charge in [0.15, 0.2) is 0 Å². The summed E-state index contributed by atoms with van der Waals surface area (Å²) in [5.41, 5.74) is 3.21. The molecule has 3 aliphatic rings. The summed E-state index contributed by atoms with van der Waals surface area (Å²) in [4.78, 5) is 5.88. The van der Waals surface area contributed by atoms with Gasteiger partial charge in [-0.15, -0.1) is 0 Å². The number of fused-ring (bicyclic) bond motifs is 3. The Bertz CT molecular complexity index is 789. The maximum Gasteiger partial charge on any atom is 0.236 e. The molecule has 0 aliphatic carbocycles. The highest BCUT2D eigenvalue weighted by atomic mass is 35.7. The fraction of sp³-hybridized carbons (Fsp3) is 0.429. The van der Waals surface area contributed by atoms with Gasteiger partial charge in [-0.05, 0) is 36.5 Å². The van der Waals surface area contributed by atoms with Crippen LogP contribution in [0.15, 0.2) is 18.2 Å². The molecule has 0 atom stereocenters. The smallest absolute Gasteiger partial charge is 0.236 e. The van der Waals surface area contributed by atoms with Gasteiger partial charge in [-0.25, -0.2) is 8.42 Å². The van der Waals surface area contributed by atoms with E-state index in [4.69, 9.17) is 10.7 Å². The van der Waals surface area contributed by atoms with E-state index in [0.29, 0.717) is 5.92 Å². The van der Waals surface area contributed by atoms with Gasteiger partial charge in [-0.1, -0.05) is 6.07 Å².